The van der Waals surface area contributed by atoms with Gasteiger partial charge in [0.25, 0.3) is 0 Å². The van der Waals surface area contributed by atoms with Crippen LogP contribution in [0.2, 0.25) is 10.0 Å². The van der Waals surface area contributed by atoms with E-state index in [0.717, 1.165) is 36.8 Å². The Labute approximate surface area is 481 Å². The van der Waals surface area contributed by atoms with Gasteiger partial charge in [0.1, 0.15) is 39.1 Å². The molecule has 0 saturated heterocycles. The molecule has 2 saturated carbocycles. The number of anilines is 1. The van der Waals surface area contributed by atoms with E-state index in [0.29, 0.717) is 22.6 Å². The SMILES string of the molecule is Nc1nccc(Oc2cnc(CC(=O)c3nn(C4CC4)cc(-c4ccc(F)cc4)c3=O)nc2)c1Cl.O=C(Cc1ncc(Oc2ccnc(N=C(c3ccccc3)c3ccccc3)c2Cl)cn1)c1nn(C2CC2)cc(-c2ccc(F)cc2)c1=O. The van der Waals surface area contributed by atoms with Crippen molar-refractivity contribution in [3.63, 3.8) is 0 Å². The number of nitrogens with zero attached hydrogens (tertiary/aromatic N) is 11. The summed E-state index contributed by atoms with van der Waals surface area (Å²) in [5.41, 5.74) is 8.26. The molecule has 10 aromatic rings. The topological polar surface area (TPSA) is 238 Å². The molecule has 0 radical (unpaired) electrons. The third kappa shape index (κ3) is 13.1. The molecule has 6 aromatic heterocycles. The quantitative estimate of drug-likeness (QED) is 0.0659. The second-order valence-electron chi connectivity index (χ2n) is 19.1. The summed E-state index contributed by atoms with van der Waals surface area (Å²) in [6.07, 6.45) is 14.9. The van der Waals surface area contributed by atoms with Crippen LogP contribution in [-0.4, -0.2) is 66.7 Å². The molecule has 0 amide bonds. The maximum Gasteiger partial charge on any atom is 0.219 e. The number of pyridine rings is 2. The highest BCUT2D eigenvalue weighted by molar-refractivity contribution is 6.34. The smallest absolute Gasteiger partial charge is 0.219 e. The maximum absolute atomic E-state index is 13.5. The van der Waals surface area contributed by atoms with Crippen molar-refractivity contribution in [1.82, 2.24) is 49.5 Å². The largest absolute Gasteiger partial charge is 0.452 e. The van der Waals surface area contributed by atoms with Gasteiger partial charge < -0.3 is 15.2 Å². The standard InChI is InChI=1S/C37H26ClFN6O3.C24H18ClFN6O3/c38-33-31(17-18-40-37(33)43-34(24-7-3-1-4-8-24)25-9-5-2-6-10-25)48-28-20-41-32(42-21-28)19-30(46)35-36(47)29(22-45(44-35)27-15-16-27)23-11-13-26(39)14-12-23;25-21-19(7-8-28-24(21)27)35-16-10-29-20(30-11-16)9-18(33)22-23(34)17(12-32(31-22)15-5-6-15)13-1-3-14(26)4-2-13/h1-14,17-18,20-22,27H,15-16,19H2;1-4,7-8,10-12,15H,5-6,9H2,(H2,27,28). The molecule has 0 atom stereocenters. The predicted octanol–water partition coefficient (Wildman–Crippen LogP) is 11.6. The molecule has 18 nitrogen and oxygen atoms in total. The first-order chi connectivity index (χ1) is 40.3. The lowest BCUT2D eigenvalue weighted by Crippen LogP contribution is -2.25. The van der Waals surface area contributed by atoms with Crippen LogP contribution in [0.1, 0.15) is 81.5 Å². The second-order valence-corrected chi connectivity index (χ2v) is 19.9. The molecule has 0 unspecified atom stereocenters. The normalized spacial score (nSPS) is 12.6. The minimum absolute atomic E-state index is 0.110. The Hall–Kier alpha value is -10.1. The van der Waals surface area contributed by atoms with Gasteiger partial charge in [-0.1, -0.05) is 108 Å². The summed E-state index contributed by atoms with van der Waals surface area (Å²) in [5.74, 6) is 0.00822. The van der Waals surface area contributed by atoms with Gasteiger partial charge in [-0.3, -0.25) is 28.5 Å². The zero-order chi connectivity index (χ0) is 57.6. The first-order valence-electron chi connectivity index (χ1n) is 25.9. The number of carbonyl (C=O) groups is 2. The number of aliphatic imine (C=N–C) groups is 1. The lowest BCUT2D eigenvalue weighted by molar-refractivity contribution is 0.0974. The van der Waals surface area contributed by atoms with Crippen molar-refractivity contribution in [3.8, 4) is 45.3 Å². The molecule has 412 valence electrons. The number of hydrogen-bond donors (Lipinski definition) is 1. The van der Waals surface area contributed by atoms with Crippen molar-refractivity contribution in [3.05, 3.63) is 247 Å². The Balaban J connectivity index is 0.000000183. The summed E-state index contributed by atoms with van der Waals surface area (Å²) in [4.78, 5) is 82.8. The molecule has 4 aromatic carbocycles. The number of Topliss-reactive ketones (excluding diaryl/α,β-unsaturated/α-hetero) is 2. The fraction of sp³-hybridized carbons (Fsp3) is 0.131. The summed E-state index contributed by atoms with van der Waals surface area (Å²) in [6.45, 7) is 0. The number of ether oxygens (including phenoxy) is 2. The number of hydrogen-bond acceptors (Lipinski definition) is 16. The van der Waals surface area contributed by atoms with Crippen LogP contribution in [0, 0.1) is 11.6 Å². The Morgan fingerprint density at radius 2 is 0.964 bits per heavy atom. The minimum Gasteiger partial charge on any atom is -0.452 e. The van der Waals surface area contributed by atoms with Crippen LogP contribution in [0.4, 0.5) is 20.4 Å². The number of halogens is 4. The molecule has 2 aliphatic carbocycles. The van der Waals surface area contributed by atoms with Crippen LogP contribution in [0.5, 0.6) is 23.0 Å². The van der Waals surface area contributed by atoms with E-state index in [9.17, 15) is 28.0 Å². The fourth-order valence-electron chi connectivity index (χ4n) is 8.47. The molecule has 2 N–H and O–H groups in total. The van der Waals surface area contributed by atoms with Crippen LogP contribution in [0.25, 0.3) is 22.3 Å². The first kappa shape index (κ1) is 54.9. The predicted molar refractivity (Wildman–Crippen MR) is 306 cm³/mol. The van der Waals surface area contributed by atoms with Crippen LogP contribution in [0.15, 0.2) is 185 Å². The molecule has 0 spiro atoms. The Kier molecular flexibility index (Phi) is 16.1. The Morgan fingerprint density at radius 3 is 1.39 bits per heavy atom. The molecule has 0 aliphatic heterocycles. The second kappa shape index (κ2) is 24.4. The number of nitrogens with two attached hydrogens (primary N) is 1. The highest BCUT2D eigenvalue weighted by atomic mass is 35.5. The molecule has 6 heterocycles. The van der Waals surface area contributed by atoms with E-state index in [4.69, 9.17) is 43.4 Å². The lowest BCUT2D eigenvalue weighted by Gasteiger charge is -2.11. The lowest BCUT2D eigenvalue weighted by atomic mass is 10.0. The Morgan fingerprint density at radius 1 is 0.554 bits per heavy atom. The number of ketones is 2. The fourth-order valence-corrected chi connectivity index (χ4v) is 8.82. The van der Waals surface area contributed by atoms with Gasteiger partial charge in [-0.05, 0) is 61.1 Å². The number of benzene rings is 4. The summed E-state index contributed by atoms with van der Waals surface area (Å²) >= 11 is 12.8. The number of aromatic nitrogens is 10. The van der Waals surface area contributed by atoms with Crippen molar-refractivity contribution in [2.75, 3.05) is 5.73 Å². The highest BCUT2D eigenvalue weighted by Crippen LogP contribution is 2.38. The van der Waals surface area contributed by atoms with E-state index in [2.05, 4.69) is 40.1 Å². The van der Waals surface area contributed by atoms with Crippen LogP contribution >= 0.6 is 23.2 Å². The molecule has 12 rings (SSSR count). The first-order valence-corrected chi connectivity index (χ1v) is 26.6. The summed E-state index contributed by atoms with van der Waals surface area (Å²) < 4.78 is 41.8. The molecular formula is C61H44Cl2F2N12O6. The number of carbonyl (C=O) groups excluding carboxylic acids is 2. The number of rotatable bonds is 17. The van der Waals surface area contributed by atoms with E-state index in [1.807, 2.05) is 60.7 Å². The van der Waals surface area contributed by atoms with Gasteiger partial charge in [0.2, 0.25) is 10.9 Å². The van der Waals surface area contributed by atoms with Crippen molar-refractivity contribution < 1.29 is 27.8 Å². The van der Waals surface area contributed by atoms with Gasteiger partial charge in [-0.2, -0.15) is 10.2 Å². The summed E-state index contributed by atoms with van der Waals surface area (Å²) in [6, 6.07) is 34.0. The Bertz CT molecular complexity index is 4150. The highest BCUT2D eigenvalue weighted by Gasteiger charge is 2.29. The van der Waals surface area contributed by atoms with Gasteiger partial charge in [-0.15, -0.1) is 0 Å². The molecule has 2 fully saturated rings. The van der Waals surface area contributed by atoms with E-state index >= 15 is 0 Å². The zero-order valence-corrected chi connectivity index (χ0v) is 45.0. The van der Waals surface area contributed by atoms with E-state index < -0.39 is 34.1 Å². The van der Waals surface area contributed by atoms with Crippen LogP contribution < -0.4 is 26.1 Å². The summed E-state index contributed by atoms with van der Waals surface area (Å²) in [5, 5.41) is 9.00. The van der Waals surface area contributed by atoms with Crippen LogP contribution in [-0.2, 0) is 12.8 Å². The maximum atomic E-state index is 13.5. The van der Waals surface area contributed by atoms with Crippen molar-refractivity contribution in [2.24, 2.45) is 4.99 Å². The molecule has 83 heavy (non-hydrogen) atoms. The van der Waals surface area contributed by atoms with Crippen molar-refractivity contribution in [2.45, 2.75) is 50.6 Å². The average molecular weight is 1150 g/mol. The van der Waals surface area contributed by atoms with Crippen molar-refractivity contribution in [1.29, 1.82) is 0 Å². The summed E-state index contributed by atoms with van der Waals surface area (Å²) in [7, 11) is 0. The monoisotopic (exact) mass is 1150 g/mol. The van der Waals surface area contributed by atoms with Gasteiger partial charge in [0.05, 0.1) is 55.4 Å². The van der Waals surface area contributed by atoms with Gasteiger partial charge in [-0.25, -0.2) is 43.7 Å². The molecular weight excluding hydrogens is 1110 g/mol. The van der Waals surface area contributed by atoms with Crippen molar-refractivity contribution >= 4 is 52.1 Å². The van der Waals surface area contributed by atoms with E-state index in [-0.39, 0.29) is 98.0 Å². The third-order valence-corrected chi connectivity index (χ3v) is 13.8. The van der Waals surface area contributed by atoms with E-state index in [1.54, 1.807) is 40.1 Å². The van der Waals surface area contributed by atoms with Gasteiger partial charge in [0.15, 0.2) is 51.8 Å². The average Bonchev–Trinajstić information content (AvgIpc) is 4.65. The molecule has 2 aliphatic rings. The third-order valence-electron chi connectivity index (χ3n) is 13.0. The molecule has 22 heteroatoms. The zero-order valence-electron chi connectivity index (χ0n) is 43.5. The van der Waals surface area contributed by atoms with Gasteiger partial charge in [0, 0.05) is 59.2 Å². The molecule has 0 bridgehead atoms. The number of nitrogen functional groups attached to an aromatic ring is 1. The van der Waals surface area contributed by atoms with Gasteiger partial charge >= 0.3 is 0 Å². The van der Waals surface area contributed by atoms with E-state index in [1.165, 1.54) is 79.5 Å². The van der Waals surface area contributed by atoms with Crippen LogP contribution in [0.3, 0.4) is 0 Å². The minimum atomic E-state index is -0.531.